The van der Waals surface area contributed by atoms with Gasteiger partial charge in [0.05, 0.1) is 11.6 Å². The fourth-order valence-corrected chi connectivity index (χ4v) is 3.71. The largest absolute Gasteiger partial charge is 0.326 e. The van der Waals surface area contributed by atoms with Crippen molar-refractivity contribution in [3.8, 4) is 0 Å². The van der Waals surface area contributed by atoms with Gasteiger partial charge in [0.15, 0.2) is 0 Å². The van der Waals surface area contributed by atoms with Crippen LogP contribution in [-0.2, 0) is 19.9 Å². The molecule has 8 nitrogen and oxygen atoms in total. The van der Waals surface area contributed by atoms with Crippen LogP contribution in [0.3, 0.4) is 0 Å². The minimum absolute atomic E-state index is 0.0525. The lowest BCUT2D eigenvalue weighted by Crippen LogP contribution is -2.40. The molecule has 2 aromatic rings. The van der Waals surface area contributed by atoms with E-state index in [2.05, 4.69) is 16.0 Å². The van der Waals surface area contributed by atoms with Gasteiger partial charge < -0.3 is 15.5 Å². The summed E-state index contributed by atoms with van der Waals surface area (Å²) in [4.78, 5) is 49.8. The Morgan fingerprint density at radius 1 is 1.16 bits per heavy atom. The number of anilines is 2. The van der Waals surface area contributed by atoms with E-state index in [0.29, 0.717) is 17.3 Å². The van der Waals surface area contributed by atoms with Gasteiger partial charge in [0.2, 0.25) is 11.8 Å². The maximum Gasteiger partial charge on any atom is 0.322 e. The van der Waals surface area contributed by atoms with Gasteiger partial charge >= 0.3 is 6.03 Å². The first-order valence-corrected chi connectivity index (χ1v) is 9.48. The van der Waals surface area contributed by atoms with Crippen molar-refractivity contribution >= 4 is 35.1 Å². The van der Waals surface area contributed by atoms with Crippen LogP contribution in [0.4, 0.5) is 25.0 Å². The van der Waals surface area contributed by atoms with E-state index >= 15 is 0 Å². The van der Waals surface area contributed by atoms with Crippen LogP contribution >= 0.6 is 0 Å². The molecule has 5 amide bonds. The third-order valence-corrected chi connectivity index (χ3v) is 5.45. The molecule has 0 bridgehead atoms. The summed E-state index contributed by atoms with van der Waals surface area (Å²) in [6.45, 7) is 1.49. The van der Waals surface area contributed by atoms with E-state index in [9.17, 15) is 28.0 Å². The molecule has 2 fully saturated rings. The molecule has 10 heteroatoms. The summed E-state index contributed by atoms with van der Waals surface area (Å²) in [6, 6.07) is 8.69. The zero-order chi connectivity index (χ0) is 22.3. The number of rotatable bonds is 4. The Morgan fingerprint density at radius 2 is 1.94 bits per heavy atom. The quantitative estimate of drug-likeness (QED) is 0.648. The van der Waals surface area contributed by atoms with Gasteiger partial charge in [-0.2, -0.15) is 0 Å². The van der Waals surface area contributed by atoms with Crippen LogP contribution in [0.5, 0.6) is 0 Å². The minimum Gasteiger partial charge on any atom is -0.326 e. The maximum atomic E-state index is 14.0. The summed E-state index contributed by atoms with van der Waals surface area (Å²) < 4.78 is 27.2. The molecule has 2 heterocycles. The molecule has 31 heavy (non-hydrogen) atoms. The second-order valence-electron chi connectivity index (χ2n) is 7.60. The molecular weight excluding hydrogens is 410 g/mol. The number of urea groups is 1. The Morgan fingerprint density at radius 3 is 2.61 bits per heavy atom. The molecule has 0 saturated carbocycles. The van der Waals surface area contributed by atoms with Crippen LogP contribution in [0.25, 0.3) is 0 Å². The first kappa shape index (κ1) is 20.5. The van der Waals surface area contributed by atoms with Gasteiger partial charge in [-0.05, 0) is 36.8 Å². The van der Waals surface area contributed by atoms with E-state index in [1.807, 2.05) is 0 Å². The lowest BCUT2D eigenvalue weighted by atomic mass is 9.92. The SMILES string of the molecule is CC1(c2cccc(NC(=O)C3CC(=O)N(c4ccc(F)cc4F)C3)c2)NC(=O)NC1=O. The molecule has 0 spiro atoms. The van der Waals surface area contributed by atoms with Gasteiger partial charge in [-0.15, -0.1) is 0 Å². The van der Waals surface area contributed by atoms with Crippen LogP contribution in [0.2, 0.25) is 0 Å². The van der Waals surface area contributed by atoms with Gasteiger partial charge in [-0.1, -0.05) is 12.1 Å². The summed E-state index contributed by atoms with van der Waals surface area (Å²) in [7, 11) is 0. The van der Waals surface area contributed by atoms with Crippen LogP contribution in [-0.4, -0.2) is 30.3 Å². The van der Waals surface area contributed by atoms with E-state index in [0.717, 1.165) is 17.0 Å². The van der Waals surface area contributed by atoms with Gasteiger partial charge in [0.25, 0.3) is 5.91 Å². The number of amides is 5. The van der Waals surface area contributed by atoms with Crippen molar-refractivity contribution in [2.45, 2.75) is 18.9 Å². The molecule has 2 aromatic carbocycles. The van der Waals surface area contributed by atoms with E-state index in [1.165, 1.54) is 0 Å². The number of carbonyl (C=O) groups excluding carboxylic acids is 4. The molecule has 0 aliphatic carbocycles. The normalized spacial score (nSPS) is 23.0. The molecule has 2 unspecified atom stereocenters. The molecule has 160 valence electrons. The molecule has 2 saturated heterocycles. The van der Waals surface area contributed by atoms with Crippen LogP contribution in [0.1, 0.15) is 18.9 Å². The third-order valence-electron chi connectivity index (χ3n) is 5.45. The fourth-order valence-electron chi connectivity index (χ4n) is 3.71. The summed E-state index contributed by atoms with van der Waals surface area (Å²) in [5, 5.41) is 7.41. The Bertz CT molecular complexity index is 1120. The highest BCUT2D eigenvalue weighted by Crippen LogP contribution is 2.30. The number of benzene rings is 2. The molecule has 3 N–H and O–H groups in total. The van der Waals surface area contributed by atoms with Gasteiger partial charge in [-0.25, -0.2) is 13.6 Å². The first-order valence-electron chi connectivity index (χ1n) is 9.48. The number of imide groups is 1. The fraction of sp³-hybridized carbons (Fsp3) is 0.238. The van der Waals surface area contributed by atoms with Crippen molar-refractivity contribution in [3.05, 3.63) is 59.7 Å². The maximum absolute atomic E-state index is 14.0. The topological polar surface area (TPSA) is 108 Å². The van der Waals surface area contributed by atoms with E-state index < -0.39 is 46.8 Å². The second kappa shape index (κ2) is 7.46. The summed E-state index contributed by atoms with van der Waals surface area (Å²) >= 11 is 0. The van der Waals surface area contributed by atoms with Crippen LogP contribution in [0, 0.1) is 17.6 Å². The summed E-state index contributed by atoms with van der Waals surface area (Å²) in [5.41, 5.74) is -0.528. The zero-order valence-electron chi connectivity index (χ0n) is 16.4. The predicted octanol–water partition coefficient (Wildman–Crippen LogP) is 2.01. The molecule has 2 aliphatic rings. The second-order valence-corrected chi connectivity index (χ2v) is 7.60. The average Bonchev–Trinajstić information content (AvgIpc) is 3.21. The number of nitrogens with one attached hydrogen (secondary N) is 3. The highest BCUT2D eigenvalue weighted by Gasteiger charge is 2.43. The molecule has 2 atom stereocenters. The van der Waals surface area contributed by atoms with Crippen LogP contribution < -0.4 is 20.9 Å². The van der Waals surface area contributed by atoms with Crippen molar-refractivity contribution in [3.63, 3.8) is 0 Å². The average molecular weight is 428 g/mol. The van der Waals surface area contributed by atoms with Crippen molar-refractivity contribution < 1.29 is 28.0 Å². The van der Waals surface area contributed by atoms with Crippen molar-refractivity contribution in [2.24, 2.45) is 5.92 Å². The van der Waals surface area contributed by atoms with E-state index in [-0.39, 0.29) is 18.7 Å². The highest BCUT2D eigenvalue weighted by atomic mass is 19.1. The first-order chi connectivity index (χ1) is 14.7. The number of nitrogens with zero attached hydrogens (tertiary/aromatic N) is 1. The lowest BCUT2D eigenvalue weighted by Gasteiger charge is -2.22. The predicted molar refractivity (Wildman–Crippen MR) is 106 cm³/mol. The molecule has 0 radical (unpaired) electrons. The van der Waals surface area contributed by atoms with E-state index in [1.54, 1.807) is 31.2 Å². The van der Waals surface area contributed by atoms with Gasteiger partial charge in [-0.3, -0.25) is 19.7 Å². The molecular formula is C21H18F2N4O4. The number of halogens is 2. The van der Waals surface area contributed by atoms with E-state index in [4.69, 9.17) is 0 Å². The summed E-state index contributed by atoms with van der Waals surface area (Å²) in [6.07, 6.45) is -0.126. The molecule has 0 aromatic heterocycles. The number of hydrogen-bond donors (Lipinski definition) is 3. The minimum atomic E-state index is -1.28. The van der Waals surface area contributed by atoms with Gasteiger partial charge in [0, 0.05) is 24.7 Å². The number of hydrogen-bond acceptors (Lipinski definition) is 4. The summed E-state index contributed by atoms with van der Waals surface area (Å²) in [5.74, 6) is -3.81. The molecule has 4 rings (SSSR count). The molecule has 2 aliphatic heterocycles. The Kier molecular flexibility index (Phi) is 4.92. The third kappa shape index (κ3) is 3.72. The van der Waals surface area contributed by atoms with Gasteiger partial charge in [0.1, 0.15) is 17.2 Å². The smallest absolute Gasteiger partial charge is 0.322 e. The monoisotopic (exact) mass is 428 g/mol. The highest BCUT2D eigenvalue weighted by molar-refractivity contribution is 6.07. The zero-order valence-corrected chi connectivity index (χ0v) is 16.4. The number of carbonyl (C=O) groups is 4. The Balaban J connectivity index is 1.49. The van der Waals surface area contributed by atoms with Crippen molar-refractivity contribution in [1.82, 2.24) is 10.6 Å². The lowest BCUT2D eigenvalue weighted by molar-refractivity contribution is -0.123. The Hall–Kier alpha value is -3.82. The van der Waals surface area contributed by atoms with Crippen molar-refractivity contribution in [1.29, 1.82) is 0 Å². The van der Waals surface area contributed by atoms with Crippen LogP contribution in [0.15, 0.2) is 42.5 Å². The van der Waals surface area contributed by atoms with Crippen molar-refractivity contribution in [2.75, 3.05) is 16.8 Å². The Labute approximate surface area is 175 Å². The standard InChI is InChI=1S/C21H18F2N4O4/c1-21(19(30)25-20(31)26-21)12-3-2-4-14(8-12)24-18(29)11-7-17(28)27(10-11)16-6-5-13(22)9-15(16)23/h2-6,8-9,11H,7,10H2,1H3,(H,24,29)(H2,25,26,30,31).